The normalized spacial score (nSPS) is 10.9. The Bertz CT molecular complexity index is 1010. The maximum Gasteiger partial charge on any atom is 0.260 e. The van der Waals surface area contributed by atoms with Gasteiger partial charge in [-0.05, 0) is 50.1 Å². The first kappa shape index (κ1) is 19.4. The number of aryl methyl sites for hydroxylation is 2. The van der Waals surface area contributed by atoms with Gasteiger partial charge in [0, 0.05) is 22.7 Å². The second-order valence-electron chi connectivity index (χ2n) is 6.06. The highest BCUT2D eigenvalue weighted by molar-refractivity contribution is 7.99. The van der Waals surface area contributed by atoms with Crippen molar-refractivity contribution in [1.29, 1.82) is 0 Å². The fourth-order valence-electron chi connectivity index (χ4n) is 2.60. The minimum absolute atomic E-state index is 0.0397. The Morgan fingerprint density at radius 1 is 1.30 bits per heavy atom. The number of benzene rings is 1. The highest BCUT2D eigenvalue weighted by atomic mass is 32.2. The molecular formula is C19H21N3O3S2. The van der Waals surface area contributed by atoms with Gasteiger partial charge in [0.1, 0.15) is 10.6 Å². The Hall–Kier alpha value is -2.32. The molecule has 2 N–H and O–H groups in total. The van der Waals surface area contributed by atoms with E-state index in [1.807, 2.05) is 13.8 Å². The van der Waals surface area contributed by atoms with E-state index in [2.05, 4.69) is 15.3 Å². The molecule has 142 valence electrons. The molecule has 0 aliphatic rings. The largest absolute Gasteiger partial charge is 0.497 e. The molecule has 27 heavy (non-hydrogen) atoms. The van der Waals surface area contributed by atoms with Gasteiger partial charge in [0.15, 0.2) is 5.16 Å². The van der Waals surface area contributed by atoms with Crippen LogP contribution in [0.2, 0.25) is 0 Å². The average Bonchev–Trinajstić information content (AvgIpc) is 2.94. The third kappa shape index (κ3) is 4.70. The first-order valence-electron chi connectivity index (χ1n) is 8.54. The second kappa shape index (κ2) is 8.58. The van der Waals surface area contributed by atoms with Gasteiger partial charge in [0.25, 0.3) is 5.56 Å². The van der Waals surface area contributed by atoms with Crippen LogP contribution in [0.25, 0.3) is 10.2 Å². The van der Waals surface area contributed by atoms with Crippen LogP contribution in [0.4, 0.5) is 5.69 Å². The Labute approximate surface area is 165 Å². The van der Waals surface area contributed by atoms with Gasteiger partial charge in [0.05, 0.1) is 12.5 Å². The lowest BCUT2D eigenvalue weighted by Crippen LogP contribution is -2.11. The molecule has 0 fully saturated rings. The summed E-state index contributed by atoms with van der Waals surface area (Å²) < 4.78 is 5.09. The monoisotopic (exact) mass is 403 g/mol. The molecule has 0 saturated heterocycles. The van der Waals surface area contributed by atoms with Gasteiger partial charge in [-0.2, -0.15) is 0 Å². The van der Waals surface area contributed by atoms with Gasteiger partial charge in [0.2, 0.25) is 5.91 Å². The number of hydrogen-bond acceptors (Lipinski definition) is 6. The van der Waals surface area contributed by atoms with Crippen molar-refractivity contribution in [3.05, 3.63) is 45.1 Å². The highest BCUT2D eigenvalue weighted by Gasteiger charge is 2.12. The number of thioether (sulfide) groups is 1. The number of aromatic nitrogens is 2. The number of amides is 1. The maximum absolute atomic E-state index is 12.2. The number of hydrogen-bond donors (Lipinski definition) is 2. The zero-order chi connectivity index (χ0) is 19.4. The van der Waals surface area contributed by atoms with Crippen molar-refractivity contribution in [2.75, 3.05) is 18.2 Å². The number of fused-ring (bicyclic) bond motifs is 1. The van der Waals surface area contributed by atoms with Crippen molar-refractivity contribution in [2.45, 2.75) is 31.8 Å². The van der Waals surface area contributed by atoms with E-state index in [-0.39, 0.29) is 11.5 Å². The van der Waals surface area contributed by atoms with Gasteiger partial charge in [-0.3, -0.25) is 9.59 Å². The first-order valence-corrected chi connectivity index (χ1v) is 10.3. The summed E-state index contributed by atoms with van der Waals surface area (Å²) in [5.74, 6) is 1.41. The Morgan fingerprint density at radius 3 is 2.74 bits per heavy atom. The SMILES string of the molecule is COc1ccc(NC(=O)CCCSc2nc3sc(C)c(C)c3c(=O)[nH]2)cc1. The van der Waals surface area contributed by atoms with Gasteiger partial charge in [-0.25, -0.2) is 4.98 Å². The number of anilines is 1. The van der Waals surface area contributed by atoms with E-state index in [0.29, 0.717) is 29.1 Å². The van der Waals surface area contributed by atoms with Gasteiger partial charge < -0.3 is 15.0 Å². The first-order chi connectivity index (χ1) is 13.0. The number of ether oxygens (including phenoxy) is 1. The molecule has 2 aromatic heterocycles. The number of carbonyl (C=O) groups excluding carboxylic acids is 1. The quantitative estimate of drug-likeness (QED) is 0.352. The molecule has 0 spiro atoms. The minimum atomic E-state index is -0.0957. The van der Waals surface area contributed by atoms with Gasteiger partial charge in [-0.1, -0.05) is 11.8 Å². The standard InChI is InChI=1S/C19H21N3O3S2/c1-11-12(2)27-18-16(11)17(24)21-19(22-18)26-10-4-5-15(23)20-13-6-8-14(25-3)9-7-13/h6-9H,4-5,10H2,1-3H3,(H,20,23)(H,21,22,24). The van der Waals surface area contributed by atoms with Crippen molar-refractivity contribution < 1.29 is 9.53 Å². The van der Waals surface area contributed by atoms with Crippen LogP contribution >= 0.6 is 23.1 Å². The van der Waals surface area contributed by atoms with Crippen LogP contribution < -0.4 is 15.6 Å². The predicted octanol–water partition coefficient (Wildman–Crippen LogP) is 4.12. The van der Waals surface area contributed by atoms with Crippen LogP contribution in [0.1, 0.15) is 23.3 Å². The van der Waals surface area contributed by atoms with E-state index in [1.54, 1.807) is 31.4 Å². The summed E-state index contributed by atoms with van der Waals surface area (Å²) in [4.78, 5) is 33.5. The number of nitrogens with one attached hydrogen (secondary N) is 2. The Balaban J connectivity index is 1.50. The lowest BCUT2D eigenvalue weighted by molar-refractivity contribution is -0.116. The number of thiophene rings is 1. The number of nitrogens with zero attached hydrogens (tertiary/aromatic N) is 1. The van der Waals surface area contributed by atoms with Crippen molar-refractivity contribution in [3.8, 4) is 5.75 Å². The van der Waals surface area contributed by atoms with Crippen molar-refractivity contribution in [3.63, 3.8) is 0 Å². The molecule has 8 heteroatoms. The summed E-state index contributed by atoms with van der Waals surface area (Å²) in [6.45, 7) is 3.94. The molecule has 0 radical (unpaired) electrons. The van der Waals surface area contributed by atoms with Gasteiger partial charge in [-0.15, -0.1) is 11.3 Å². The summed E-state index contributed by atoms with van der Waals surface area (Å²) in [5.41, 5.74) is 1.64. The predicted molar refractivity (Wildman–Crippen MR) is 111 cm³/mol. The molecule has 0 saturated carbocycles. The average molecular weight is 404 g/mol. The molecule has 0 unspecified atom stereocenters. The molecule has 0 aliphatic carbocycles. The van der Waals surface area contributed by atoms with Crippen molar-refractivity contribution in [1.82, 2.24) is 9.97 Å². The lowest BCUT2D eigenvalue weighted by Gasteiger charge is -2.06. The van der Waals surface area contributed by atoms with Crippen LogP contribution in [0.15, 0.2) is 34.2 Å². The molecule has 3 aromatic rings. The molecule has 1 aromatic carbocycles. The number of aromatic amines is 1. The summed E-state index contributed by atoms with van der Waals surface area (Å²) in [6, 6.07) is 7.22. The molecule has 0 atom stereocenters. The zero-order valence-corrected chi connectivity index (χ0v) is 17.1. The van der Waals surface area contributed by atoms with Crippen LogP contribution in [0.5, 0.6) is 5.75 Å². The molecule has 0 aliphatic heterocycles. The summed E-state index contributed by atoms with van der Waals surface area (Å²) in [7, 11) is 1.60. The molecule has 3 rings (SSSR count). The molecular weight excluding hydrogens is 382 g/mol. The molecule has 2 heterocycles. The third-order valence-electron chi connectivity index (χ3n) is 4.18. The Morgan fingerprint density at radius 2 is 2.04 bits per heavy atom. The topological polar surface area (TPSA) is 84.1 Å². The zero-order valence-electron chi connectivity index (χ0n) is 15.4. The van der Waals surface area contributed by atoms with Gasteiger partial charge >= 0.3 is 0 Å². The van der Waals surface area contributed by atoms with Crippen LogP contribution in [0.3, 0.4) is 0 Å². The van der Waals surface area contributed by atoms with Crippen LogP contribution in [-0.4, -0.2) is 28.7 Å². The van der Waals surface area contributed by atoms with Crippen LogP contribution in [-0.2, 0) is 4.79 Å². The Kier molecular flexibility index (Phi) is 6.18. The number of carbonyl (C=O) groups is 1. The minimum Gasteiger partial charge on any atom is -0.497 e. The number of methoxy groups -OCH3 is 1. The van der Waals surface area contributed by atoms with E-state index in [4.69, 9.17) is 4.74 Å². The van der Waals surface area contributed by atoms with E-state index >= 15 is 0 Å². The lowest BCUT2D eigenvalue weighted by atomic mass is 10.2. The third-order valence-corrected chi connectivity index (χ3v) is 6.24. The molecule has 6 nitrogen and oxygen atoms in total. The summed E-state index contributed by atoms with van der Waals surface area (Å²) >= 11 is 3.00. The summed E-state index contributed by atoms with van der Waals surface area (Å²) in [6.07, 6.45) is 1.10. The second-order valence-corrected chi connectivity index (χ2v) is 8.35. The summed E-state index contributed by atoms with van der Waals surface area (Å²) in [5, 5.41) is 4.14. The van der Waals surface area contributed by atoms with Crippen molar-refractivity contribution in [2.24, 2.45) is 0 Å². The molecule has 1 amide bonds. The van der Waals surface area contributed by atoms with E-state index in [0.717, 1.165) is 26.7 Å². The fraction of sp³-hybridized carbons (Fsp3) is 0.316. The smallest absolute Gasteiger partial charge is 0.260 e. The van der Waals surface area contributed by atoms with E-state index < -0.39 is 0 Å². The van der Waals surface area contributed by atoms with E-state index in [1.165, 1.54) is 23.1 Å². The molecule has 0 bridgehead atoms. The van der Waals surface area contributed by atoms with E-state index in [9.17, 15) is 9.59 Å². The highest BCUT2D eigenvalue weighted by Crippen LogP contribution is 2.27. The fourth-order valence-corrected chi connectivity index (χ4v) is 4.49. The number of rotatable bonds is 7. The number of H-pyrrole nitrogens is 1. The van der Waals surface area contributed by atoms with Crippen molar-refractivity contribution >= 4 is 44.9 Å². The maximum atomic E-state index is 12.2. The van der Waals surface area contributed by atoms with Crippen LogP contribution in [0, 0.1) is 13.8 Å².